The van der Waals surface area contributed by atoms with Crippen molar-refractivity contribution in [3.63, 3.8) is 0 Å². The van der Waals surface area contributed by atoms with Gasteiger partial charge in [-0.15, -0.1) is 0 Å². The van der Waals surface area contributed by atoms with E-state index in [0.29, 0.717) is 5.15 Å². The van der Waals surface area contributed by atoms with Gasteiger partial charge in [0.25, 0.3) is 0 Å². The summed E-state index contributed by atoms with van der Waals surface area (Å²) in [6.45, 7) is 4.06. The molecule has 0 spiro atoms. The van der Waals surface area contributed by atoms with Crippen LogP contribution in [0.5, 0.6) is 0 Å². The first-order valence-corrected chi connectivity index (χ1v) is 6.88. The highest BCUT2D eigenvalue weighted by molar-refractivity contribution is 6.30. The van der Waals surface area contributed by atoms with Gasteiger partial charge in [0.05, 0.1) is 11.7 Å². The van der Waals surface area contributed by atoms with Crippen LogP contribution in [0.15, 0.2) is 16.5 Å². The summed E-state index contributed by atoms with van der Waals surface area (Å²) < 4.78 is 7.52. The van der Waals surface area contributed by atoms with Crippen molar-refractivity contribution in [1.82, 2.24) is 15.1 Å². The van der Waals surface area contributed by atoms with Crippen molar-refractivity contribution in [3.8, 4) is 0 Å². The van der Waals surface area contributed by atoms with Gasteiger partial charge < -0.3 is 9.73 Å². The standard InChI is InChI=1S/C14H20ClN3O/c1-5-10-6-7-13(19-10)12(16-3)8-11-9(2)17-18(4)14(11)15/h6-7,12,16H,5,8H2,1-4H3. The third-order valence-corrected chi connectivity index (χ3v) is 3.87. The second kappa shape index (κ2) is 5.80. The molecular weight excluding hydrogens is 262 g/mol. The average Bonchev–Trinajstić information content (AvgIpc) is 2.95. The van der Waals surface area contributed by atoms with Crippen molar-refractivity contribution in [2.75, 3.05) is 7.05 Å². The van der Waals surface area contributed by atoms with Gasteiger partial charge in [0.1, 0.15) is 16.7 Å². The van der Waals surface area contributed by atoms with Crippen LogP contribution < -0.4 is 5.32 Å². The molecule has 0 aliphatic heterocycles. The van der Waals surface area contributed by atoms with Gasteiger partial charge in [0, 0.05) is 19.0 Å². The maximum atomic E-state index is 6.28. The quantitative estimate of drug-likeness (QED) is 0.916. The van der Waals surface area contributed by atoms with Crippen LogP contribution in [0, 0.1) is 6.92 Å². The minimum Gasteiger partial charge on any atom is -0.464 e. The summed E-state index contributed by atoms with van der Waals surface area (Å²) >= 11 is 6.28. The molecule has 0 radical (unpaired) electrons. The predicted molar refractivity (Wildman–Crippen MR) is 76.5 cm³/mol. The first kappa shape index (κ1) is 14.2. The molecule has 0 aliphatic carbocycles. The lowest BCUT2D eigenvalue weighted by molar-refractivity contribution is 0.406. The Hall–Kier alpha value is -1.26. The maximum Gasteiger partial charge on any atom is 0.130 e. The Morgan fingerprint density at radius 1 is 1.47 bits per heavy atom. The van der Waals surface area contributed by atoms with Crippen LogP contribution in [0.25, 0.3) is 0 Å². The molecular formula is C14H20ClN3O. The van der Waals surface area contributed by atoms with Gasteiger partial charge in [-0.1, -0.05) is 18.5 Å². The van der Waals surface area contributed by atoms with Crippen LogP contribution >= 0.6 is 11.6 Å². The van der Waals surface area contributed by atoms with Crippen LogP contribution in [0.4, 0.5) is 0 Å². The van der Waals surface area contributed by atoms with E-state index in [0.717, 1.165) is 35.6 Å². The zero-order valence-electron chi connectivity index (χ0n) is 11.8. The lowest BCUT2D eigenvalue weighted by Crippen LogP contribution is -2.18. The summed E-state index contributed by atoms with van der Waals surface area (Å²) in [4.78, 5) is 0. The molecule has 1 atom stereocenters. The van der Waals surface area contributed by atoms with Crippen molar-refractivity contribution in [3.05, 3.63) is 40.1 Å². The number of furan rings is 1. The topological polar surface area (TPSA) is 43.0 Å². The van der Waals surface area contributed by atoms with Crippen molar-refractivity contribution in [1.29, 1.82) is 0 Å². The molecule has 19 heavy (non-hydrogen) atoms. The number of nitrogens with zero attached hydrogens (tertiary/aromatic N) is 2. The number of hydrogen-bond acceptors (Lipinski definition) is 3. The molecule has 0 bridgehead atoms. The largest absolute Gasteiger partial charge is 0.464 e. The average molecular weight is 282 g/mol. The van der Waals surface area contributed by atoms with Crippen LogP contribution in [0.1, 0.15) is 35.7 Å². The number of halogens is 1. The lowest BCUT2D eigenvalue weighted by Gasteiger charge is -2.13. The molecule has 2 heterocycles. The van der Waals surface area contributed by atoms with Crippen LogP contribution in [-0.4, -0.2) is 16.8 Å². The van der Waals surface area contributed by atoms with E-state index in [4.69, 9.17) is 16.0 Å². The highest BCUT2D eigenvalue weighted by Gasteiger charge is 2.19. The number of aromatic nitrogens is 2. The Kier molecular flexibility index (Phi) is 4.32. The number of nitrogens with one attached hydrogen (secondary N) is 1. The molecule has 104 valence electrons. The summed E-state index contributed by atoms with van der Waals surface area (Å²) in [5, 5.41) is 8.31. The van der Waals surface area contributed by atoms with Gasteiger partial charge in [0.15, 0.2) is 0 Å². The minimum atomic E-state index is 0.112. The normalized spacial score (nSPS) is 12.9. The number of aryl methyl sites for hydroxylation is 3. The Balaban J connectivity index is 2.23. The maximum absolute atomic E-state index is 6.28. The highest BCUT2D eigenvalue weighted by Crippen LogP contribution is 2.26. The van der Waals surface area contributed by atoms with E-state index in [9.17, 15) is 0 Å². The number of likely N-dealkylation sites (N-methyl/N-ethyl adjacent to an activating group) is 1. The zero-order valence-corrected chi connectivity index (χ0v) is 12.6. The summed E-state index contributed by atoms with van der Waals surface area (Å²) in [5.41, 5.74) is 2.04. The molecule has 0 aromatic carbocycles. The second-order valence-electron chi connectivity index (χ2n) is 4.68. The monoisotopic (exact) mass is 281 g/mol. The van der Waals surface area contributed by atoms with Crippen LogP contribution in [-0.2, 0) is 19.9 Å². The van der Waals surface area contributed by atoms with E-state index in [1.807, 2.05) is 33.2 Å². The van der Waals surface area contributed by atoms with Gasteiger partial charge in [-0.2, -0.15) is 5.10 Å². The second-order valence-corrected chi connectivity index (χ2v) is 5.04. The van der Waals surface area contributed by atoms with Crippen molar-refractivity contribution in [2.24, 2.45) is 7.05 Å². The highest BCUT2D eigenvalue weighted by atomic mass is 35.5. The molecule has 2 rings (SSSR count). The van der Waals surface area contributed by atoms with E-state index in [2.05, 4.69) is 17.3 Å². The van der Waals surface area contributed by atoms with Gasteiger partial charge in [-0.3, -0.25) is 4.68 Å². The summed E-state index contributed by atoms with van der Waals surface area (Å²) in [6, 6.07) is 4.16. The predicted octanol–water partition coefficient (Wildman–Crippen LogP) is 3.04. The molecule has 0 fully saturated rings. The molecule has 0 saturated carbocycles. The van der Waals surface area contributed by atoms with Gasteiger partial charge in [-0.05, 0) is 32.5 Å². The molecule has 4 nitrogen and oxygen atoms in total. The van der Waals surface area contributed by atoms with Crippen molar-refractivity contribution >= 4 is 11.6 Å². The fourth-order valence-electron chi connectivity index (χ4n) is 2.23. The van der Waals surface area contributed by atoms with Crippen molar-refractivity contribution in [2.45, 2.75) is 32.7 Å². The third-order valence-electron chi connectivity index (χ3n) is 3.40. The first-order chi connectivity index (χ1) is 9.06. The van der Waals surface area contributed by atoms with Gasteiger partial charge >= 0.3 is 0 Å². The van der Waals surface area contributed by atoms with E-state index < -0.39 is 0 Å². The molecule has 0 aliphatic rings. The number of rotatable bonds is 5. The Bertz CT molecular complexity index is 559. The summed E-state index contributed by atoms with van der Waals surface area (Å²) in [5.74, 6) is 1.95. The molecule has 0 amide bonds. The third kappa shape index (κ3) is 2.85. The fraction of sp³-hybridized carbons (Fsp3) is 0.500. The minimum absolute atomic E-state index is 0.112. The van der Waals surface area contributed by atoms with E-state index >= 15 is 0 Å². The zero-order chi connectivity index (χ0) is 14.0. The lowest BCUT2D eigenvalue weighted by atomic mass is 10.1. The van der Waals surface area contributed by atoms with E-state index in [1.165, 1.54) is 0 Å². The first-order valence-electron chi connectivity index (χ1n) is 6.50. The number of hydrogen-bond donors (Lipinski definition) is 1. The van der Waals surface area contributed by atoms with Gasteiger partial charge in [-0.25, -0.2) is 0 Å². The molecule has 1 unspecified atom stereocenters. The van der Waals surface area contributed by atoms with Crippen LogP contribution in [0.3, 0.4) is 0 Å². The smallest absolute Gasteiger partial charge is 0.130 e. The molecule has 0 saturated heterocycles. The van der Waals surface area contributed by atoms with E-state index in [1.54, 1.807) is 4.68 Å². The Morgan fingerprint density at radius 2 is 2.21 bits per heavy atom. The molecule has 5 heteroatoms. The van der Waals surface area contributed by atoms with Gasteiger partial charge in [0.2, 0.25) is 0 Å². The summed E-state index contributed by atoms with van der Waals surface area (Å²) in [6.07, 6.45) is 1.68. The van der Waals surface area contributed by atoms with Crippen LogP contribution in [0.2, 0.25) is 5.15 Å². The molecule has 2 aromatic rings. The molecule has 2 aromatic heterocycles. The Labute approximate surface area is 118 Å². The molecule has 1 N–H and O–H groups in total. The summed E-state index contributed by atoms with van der Waals surface area (Å²) in [7, 11) is 3.79. The Morgan fingerprint density at radius 3 is 2.68 bits per heavy atom. The SMILES string of the molecule is CCc1ccc(C(Cc2c(C)nn(C)c2Cl)NC)o1. The van der Waals surface area contributed by atoms with Crippen molar-refractivity contribution < 1.29 is 4.42 Å². The fourth-order valence-corrected chi connectivity index (χ4v) is 2.48. The van der Waals surface area contributed by atoms with E-state index in [-0.39, 0.29) is 6.04 Å².